The predicted molar refractivity (Wildman–Crippen MR) is 74.0 cm³/mol. The molecule has 0 saturated carbocycles. The second kappa shape index (κ2) is 7.01. The number of carbonyl (C=O) groups excluding carboxylic acids is 1. The number of nitrogens with one attached hydrogen (secondary N) is 1. The van der Waals surface area contributed by atoms with E-state index in [1.807, 2.05) is 24.3 Å². The van der Waals surface area contributed by atoms with Gasteiger partial charge in [0, 0.05) is 45.1 Å². The molecule has 1 amide bonds. The van der Waals surface area contributed by atoms with E-state index in [-0.39, 0.29) is 5.91 Å². The van der Waals surface area contributed by atoms with E-state index in [0.717, 1.165) is 18.7 Å². The molecule has 0 radical (unpaired) electrons. The van der Waals surface area contributed by atoms with E-state index < -0.39 is 0 Å². The summed E-state index contributed by atoms with van der Waals surface area (Å²) in [6.45, 7) is 2.82. The van der Waals surface area contributed by atoms with Crippen molar-refractivity contribution in [3.05, 3.63) is 29.8 Å². The molecule has 0 spiro atoms. The van der Waals surface area contributed by atoms with E-state index in [9.17, 15) is 4.79 Å². The zero-order valence-electron chi connectivity index (χ0n) is 11.6. The molecule has 1 aromatic rings. The van der Waals surface area contributed by atoms with E-state index in [2.05, 4.69) is 12.2 Å². The zero-order chi connectivity index (χ0) is 13.5. The third-order valence-corrected chi connectivity index (χ3v) is 2.68. The Morgan fingerprint density at radius 2 is 2.17 bits per heavy atom. The summed E-state index contributed by atoms with van der Waals surface area (Å²) in [6, 6.07) is 7.88. The van der Waals surface area contributed by atoms with Gasteiger partial charge in [-0.2, -0.15) is 0 Å². The monoisotopic (exact) mass is 250 g/mol. The van der Waals surface area contributed by atoms with Gasteiger partial charge in [-0.25, -0.2) is 0 Å². The van der Waals surface area contributed by atoms with Crippen molar-refractivity contribution in [3.8, 4) is 0 Å². The van der Waals surface area contributed by atoms with Gasteiger partial charge in [0.05, 0.1) is 0 Å². The van der Waals surface area contributed by atoms with Crippen molar-refractivity contribution in [3.63, 3.8) is 0 Å². The maximum absolute atomic E-state index is 11.8. The lowest BCUT2D eigenvalue weighted by Gasteiger charge is -2.16. The first kappa shape index (κ1) is 14.5. The molecule has 0 aliphatic carbocycles. The molecule has 100 valence electrons. The standard InChI is InChI=1S/C14H22N2O2/c1-11(8-9-18-4)15-13-7-5-6-12(10-13)14(17)16(2)3/h5-7,10-11,15H,8-9H2,1-4H3. The third-order valence-electron chi connectivity index (χ3n) is 2.68. The van der Waals surface area contributed by atoms with Gasteiger partial charge in [0.25, 0.3) is 5.91 Å². The molecule has 0 fully saturated rings. The molecular formula is C14H22N2O2. The van der Waals surface area contributed by atoms with Crippen LogP contribution in [0.3, 0.4) is 0 Å². The summed E-state index contributed by atoms with van der Waals surface area (Å²) in [7, 11) is 5.20. The van der Waals surface area contributed by atoms with E-state index >= 15 is 0 Å². The molecule has 0 aliphatic heterocycles. The maximum atomic E-state index is 11.8. The maximum Gasteiger partial charge on any atom is 0.253 e. The fourth-order valence-electron chi connectivity index (χ4n) is 1.65. The van der Waals surface area contributed by atoms with Crippen molar-refractivity contribution in [1.29, 1.82) is 0 Å². The number of methoxy groups -OCH3 is 1. The van der Waals surface area contributed by atoms with Gasteiger partial charge >= 0.3 is 0 Å². The average Bonchev–Trinajstić information content (AvgIpc) is 2.35. The molecule has 1 unspecified atom stereocenters. The topological polar surface area (TPSA) is 41.6 Å². The van der Waals surface area contributed by atoms with E-state index in [0.29, 0.717) is 11.6 Å². The largest absolute Gasteiger partial charge is 0.385 e. The van der Waals surface area contributed by atoms with Crippen LogP contribution in [0, 0.1) is 0 Å². The molecule has 0 aromatic heterocycles. The molecular weight excluding hydrogens is 228 g/mol. The lowest BCUT2D eigenvalue weighted by Crippen LogP contribution is -2.22. The zero-order valence-corrected chi connectivity index (χ0v) is 11.6. The quantitative estimate of drug-likeness (QED) is 0.841. The van der Waals surface area contributed by atoms with Crippen LogP contribution < -0.4 is 5.32 Å². The molecule has 1 atom stereocenters. The fourth-order valence-corrected chi connectivity index (χ4v) is 1.65. The Kier molecular flexibility index (Phi) is 5.65. The molecule has 1 rings (SSSR count). The second-order valence-corrected chi connectivity index (χ2v) is 4.61. The molecule has 4 nitrogen and oxygen atoms in total. The lowest BCUT2D eigenvalue weighted by atomic mass is 10.1. The minimum atomic E-state index is 0.0168. The SMILES string of the molecule is COCCC(C)Nc1cccc(C(=O)N(C)C)c1. The minimum Gasteiger partial charge on any atom is -0.385 e. The Labute approximate surface area is 109 Å². The number of anilines is 1. The van der Waals surface area contributed by atoms with Crippen LogP contribution in [0.4, 0.5) is 5.69 Å². The van der Waals surface area contributed by atoms with Crippen LogP contribution in [0.1, 0.15) is 23.7 Å². The molecule has 1 N–H and O–H groups in total. The van der Waals surface area contributed by atoms with Crippen LogP contribution >= 0.6 is 0 Å². The highest BCUT2D eigenvalue weighted by Gasteiger charge is 2.09. The summed E-state index contributed by atoms with van der Waals surface area (Å²) < 4.78 is 5.04. The summed E-state index contributed by atoms with van der Waals surface area (Å²) in [4.78, 5) is 13.4. The van der Waals surface area contributed by atoms with Crippen molar-refractivity contribution < 1.29 is 9.53 Å². The van der Waals surface area contributed by atoms with Crippen molar-refractivity contribution in [1.82, 2.24) is 4.90 Å². The summed E-state index contributed by atoms with van der Waals surface area (Å²) in [5.41, 5.74) is 1.66. The van der Waals surface area contributed by atoms with Gasteiger partial charge in [0.1, 0.15) is 0 Å². The first-order valence-corrected chi connectivity index (χ1v) is 6.11. The normalized spacial score (nSPS) is 12.0. The first-order valence-electron chi connectivity index (χ1n) is 6.11. The Morgan fingerprint density at radius 3 is 2.78 bits per heavy atom. The highest BCUT2D eigenvalue weighted by molar-refractivity contribution is 5.94. The van der Waals surface area contributed by atoms with Crippen molar-refractivity contribution in [2.45, 2.75) is 19.4 Å². The molecule has 0 bridgehead atoms. The van der Waals surface area contributed by atoms with Gasteiger partial charge < -0.3 is 15.0 Å². The lowest BCUT2D eigenvalue weighted by molar-refractivity contribution is 0.0827. The van der Waals surface area contributed by atoms with Crippen LogP contribution in [0.15, 0.2) is 24.3 Å². The number of hydrogen-bond donors (Lipinski definition) is 1. The van der Waals surface area contributed by atoms with Crippen molar-refractivity contribution >= 4 is 11.6 Å². The van der Waals surface area contributed by atoms with E-state index in [1.165, 1.54) is 0 Å². The molecule has 0 aliphatic rings. The number of amides is 1. The summed E-state index contributed by atoms with van der Waals surface area (Å²) >= 11 is 0. The smallest absolute Gasteiger partial charge is 0.253 e. The van der Waals surface area contributed by atoms with Crippen LogP contribution in [-0.2, 0) is 4.74 Å². The summed E-state index contributed by atoms with van der Waals surface area (Å²) in [6.07, 6.45) is 0.933. The average molecular weight is 250 g/mol. The van der Waals surface area contributed by atoms with Gasteiger partial charge in [-0.15, -0.1) is 0 Å². The number of nitrogens with zero attached hydrogens (tertiary/aromatic N) is 1. The molecule has 18 heavy (non-hydrogen) atoms. The number of carbonyl (C=O) groups is 1. The first-order chi connectivity index (χ1) is 8.54. The third kappa shape index (κ3) is 4.37. The Bertz CT molecular complexity index is 391. The van der Waals surface area contributed by atoms with Gasteiger partial charge in [-0.1, -0.05) is 6.07 Å². The van der Waals surface area contributed by atoms with Gasteiger partial charge in [-0.05, 0) is 31.5 Å². The Morgan fingerprint density at radius 1 is 1.44 bits per heavy atom. The molecule has 1 aromatic carbocycles. The Hall–Kier alpha value is -1.55. The highest BCUT2D eigenvalue weighted by Crippen LogP contribution is 2.13. The Balaban J connectivity index is 2.67. The van der Waals surface area contributed by atoms with Crippen LogP contribution in [0.25, 0.3) is 0 Å². The van der Waals surface area contributed by atoms with Gasteiger partial charge in [-0.3, -0.25) is 4.79 Å². The fraction of sp³-hybridized carbons (Fsp3) is 0.500. The van der Waals surface area contributed by atoms with Crippen molar-refractivity contribution in [2.75, 3.05) is 33.1 Å². The second-order valence-electron chi connectivity index (χ2n) is 4.61. The van der Waals surface area contributed by atoms with E-state index in [1.54, 1.807) is 26.1 Å². The van der Waals surface area contributed by atoms with Gasteiger partial charge in [0.15, 0.2) is 0 Å². The predicted octanol–water partition coefficient (Wildman–Crippen LogP) is 2.23. The van der Waals surface area contributed by atoms with Crippen LogP contribution in [0.2, 0.25) is 0 Å². The number of hydrogen-bond acceptors (Lipinski definition) is 3. The van der Waals surface area contributed by atoms with Crippen LogP contribution in [-0.4, -0.2) is 44.7 Å². The summed E-state index contributed by atoms with van der Waals surface area (Å²) in [5.74, 6) is 0.0168. The molecule has 0 saturated heterocycles. The van der Waals surface area contributed by atoms with Gasteiger partial charge in [0.2, 0.25) is 0 Å². The molecule has 4 heteroatoms. The summed E-state index contributed by atoms with van der Waals surface area (Å²) in [5, 5.41) is 3.36. The highest BCUT2D eigenvalue weighted by atomic mass is 16.5. The number of rotatable bonds is 6. The minimum absolute atomic E-state index is 0.0168. The number of benzene rings is 1. The van der Waals surface area contributed by atoms with Crippen molar-refractivity contribution in [2.24, 2.45) is 0 Å². The number of ether oxygens (including phenoxy) is 1. The molecule has 0 heterocycles. The van der Waals surface area contributed by atoms with E-state index in [4.69, 9.17) is 4.74 Å². The van der Waals surface area contributed by atoms with Crippen LogP contribution in [0.5, 0.6) is 0 Å².